The van der Waals surface area contributed by atoms with Crippen LogP contribution < -0.4 is 4.90 Å². The Labute approximate surface area is 69.6 Å². The predicted molar refractivity (Wildman–Crippen MR) is 43.3 cm³/mol. The SMILES string of the molecule is CN1CCc2cc(F)cc(F)c21. The molecule has 1 heterocycles. The lowest BCUT2D eigenvalue weighted by atomic mass is 10.1. The van der Waals surface area contributed by atoms with Gasteiger partial charge >= 0.3 is 0 Å². The van der Waals surface area contributed by atoms with Crippen molar-refractivity contribution < 1.29 is 8.78 Å². The summed E-state index contributed by atoms with van der Waals surface area (Å²) >= 11 is 0. The van der Waals surface area contributed by atoms with Crippen LogP contribution in [-0.4, -0.2) is 13.6 Å². The van der Waals surface area contributed by atoms with E-state index in [1.807, 2.05) is 11.9 Å². The molecule has 3 heteroatoms. The Morgan fingerprint density at radius 3 is 2.83 bits per heavy atom. The van der Waals surface area contributed by atoms with Crippen molar-refractivity contribution in [3.8, 4) is 0 Å². The second kappa shape index (κ2) is 2.44. The summed E-state index contributed by atoms with van der Waals surface area (Å²) in [6, 6.07) is 2.34. The summed E-state index contributed by atoms with van der Waals surface area (Å²) in [6.07, 6.45) is 0.737. The van der Waals surface area contributed by atoms with E-state index in [1.54, 1.807) is 0 Å². The standard InChI is InChI=1S/C9H9F2N/c1-12-3-2-6-4-7(10)5-8(11)9(6)12/h4-5H,2-3H2,1H3. The molecule has 0 aromatic heterocycles. The lowest BCUT2D eigenvalue weighted by molar-refractivity contribution is 0.583. The van der Waals surface area contributed by atoms with Gasteiger partial charge in [-0.2, -0.15) is 0 Å². The van der Waals surface area contributed by atoms with Crippen LogP contribution in [0.1, 0.15) is 5.56 Å². The molecule has 0 fully saturated rings. The van der Waals surface area contributed by atoms with Crippen molar-refractivity contribution in [3.05, 3.63) is 29.3 Å². The van der Waals surface area contributed by atoms with Crippen molar-refractivity contribution in [3.63, 3.8) is 0 Å². The van der Waals surface area contributed by atoms with Crippen molar-refractivity contribution in [2.45, 2.75) is 6.42 Å². The van der Waals surface area contributed by atoms with Gasteiger partial charge in [-0.25, -0.2) is 8.78 Å². The van der Waals surface area contributed by atoms with Crippen molar-refractivity contribution in [1.82, 2.24) is 0 Å². The Kier molecular flexibility index (Phi) is 1.53. The Morgan fingerprint density at radius 1 is 1.33 bits per heavy atom. The van der Waals surface area contributed by atoms with Gasteiger partial charge in [0.25, 0.3) is 0 Å². The molecule has 2 rings (SSSR count). The lowest BCUT2D eigenvalue weighted by Crippen LogP contribution is -2.13. The van der Waals surface area contributed by atoms with E-state index < -0.39 is 11.6 Å². The van der Waals surface area contributed by atoms with Crippen LogP contribution in [0.15, 0.2) is 12.1 Å². The van der Waals surface area contributed by atoms with E-state index in [1.165, 1.54) is 6.07 Å². The summed E-state index contributed by atoms with van der Waals surface area (Å²) in [6.45, 7) is 0.774. The minimum atomic E-state index is -0.485. The third-order valence-corrected chi connectivity index (χ3v) is 2.21. The average Bonchev–Trinajstić information content (AvgIpc) is 2.31. The van der Waals surface area contributed by atoms with Crippen molar-refractivity contribution in [2.24, 2.45) is 0 Å². The molecule has 1 aliphatic rings. The maximum atomic E-state index is 13.1. The van der Waals surface area contributed by atoms with Crippen LogP contribution in [-0.2, 0) is 6.42 Å². The monoisotopic (exact) mass is 169 g/mol. The molecule has 0 spiro atoms. The van der Waals surface area contributed by atoms with E-state index in [0.717, 1.165) is 24.6 Å². The molecule has 0 radical (unpaired) electrons. The van der Waals surface area contributed by atoms with Crippen molar-refractivity contribution in [1.29, 1.82) is 0 Å². The van der Waals surface area contributed by atoms with Crippen LogP contribution in [0.3, 0.4) is 0 Å². The highest BCUT2D eigenvalue weighted by Gasteiger charge is 2.20. The van der Waals surface area contributed by atoms with Gasteiger partial charge in [0.1, 0.15) is 11.6 Å². The Bertz CT molecular complexity index is 323. The van der Waals surface area contributed by atoms with E-state index in [4.69, 9.17) is 0 Å². The number of fused-ring (bicyclic) bond motifs is 1. The average molecular weight is 169 g/mol. The van der Waals surface area contributed by atoms with Gasteiger partial charge in [0, 0.05) is 19.7 Å². The van der Waals surface area contributed by atoms with Crippen LogP contribution in [0.5, 0.6) is 0 Å². The number of nitrogens with zero attached hydrogens (tertiary/aromatic N) is 1. The van der Waals surface area contributed by atoms with Gasteiger partial charge in [0.15, 0.2) is 0 Å². The van der Waals surface area contributed by atoms with Crippen molar-refractivity contribution in [2.75, 3.05) is 18.5 Å². The van der Waals surface area contributed by atoms with Gasteiger partial charge in [-0.15, -0.1) is 0 Å². The summed E-state index contributed by atoms with van der Waals surface area (Å²) in [5, 5.41) is 0. The van der Waals surface area contributed by atoms with Gasteiger partial charge in [-0.05, 0) is 18.1 Å². The number of halogens is 2. The maximum Gasteiger partial charge on any atom is 0.149 e. The molecule has 0 unspecified atom stereocenters. The number of anilines is 1. The van der Waals surface area contributed by atoms with Crippen LogP contribution in [0.4, 0.5) is 14.5 Å². The van der Waals surface area contributed by atoms with Gasteiger partial charge in [-0.1, -0.05) is 0 Å². The molecule has 1 aromatic rings. The number of benzene rings is 1. The number of hydrogen-bond donors (Lipinski definition) is 0. The van der Waals surface area contributed by atoms with Crippen LogP contribution in [0.25, 0.3) is 0 Å². The number of rotatable bonds is 0. The molecule has 0 saturated heterocycles. The first-order chi connectivity index (χ1) is 5.68. The quantitative estimate of drug-likeness (QED) is 0.573. The van der Waals surface area contributed by atoms with Crippen LogP contribution in [0, 0.1) is 11.6 Å². The number of hydrogen-bond acceptors (Lipinski definition) is 1. The second-order valence-electron chi connectivity index (χ2n) is 3.07. The topological polar surface area (TPSA) is 3.24 Å². The fourth-order valence-corrected chi connectivity index (χ4v) is 1.64. The van der Waals surface area contributed by atoms with Gasteiger partial charge < -0.3 is 4.90 Å². The molecular formula is C9H9F2N. The fourth-order valence-electron chi connectivity index (χ4n) is 1.64. The lowest BCUT2D eigenvalue weighted by Gasteiger charge is -2.12. The summed E-state index contributed by atoms with van der Waals surface area (Å²) in [5.41, 5.74) is 1.33. The first-order valence-electron chi connectivity index (χ1n) is 3.87. The molecule has 1 aromatic carbocycles. The zero-order valence-electron chi connectivity index (χ0n) is 6.77. The summed E-state index contributed by atoms with van der Waals surface area (Å²) < 4.78 is 25.8. The molecule has 1 nitrogen and oxygen atoms in total. The van der Waals surface area contributed by atoms with Gasteiger partial charge in [-0.3, -0.25) is 0 Å². The maximum absolute atomic E-state index is 13.1. The first-order valence-corrected chi connectivity index (χ1v) is 3.87. The highest BCUT2D eigenvalue weighted by molar-refractivity contribution is 5.58. The van der Waals surface area contributed by atoms with Crippen LogP contribution in [0.2, 0.25) is 0 Å². The van der Waals surface area contributed by atoms with E-state index in [0.29, 0.717) is 5.69 Å². The summed E-state index contributed by atoms with van der Waals surface area (Å²) in [5.74, 6) is -0.938. The molecule has 0 aliphatic carbocycles. The zero-order valence-corrected chi connectivity index (χ0v) is 6.77. The van der Waals surface area contributed by atoms with Crippen LogP contribution >= 0.6 is 0 Å². The third-order valence-electron chi connectivity index (χ3n) is 2.21. The molecule has 0 N–H and O–H groups in total. The molecule has 0 saturated carbocycles. The molecular weight excluding hydrogens is 160 g/mol. The van der Waals surface area contributed by atoms with Crippen molar-refractivity contribution >= 4 is 5.69 Å². The Morgan fingerprint density at radius 2 is 2.08 bits per heavy atom. The van der Waals surface area contributed by atoms with Gasteiger partial charge in [0.05, 0.1) is 5.69 Å². The third kappa shape index (κ3) is 0.967. The van der Waals surface area contributed by atoms with E-state index >= 15 is 0 Å². The number of likely N-dealkylation sites (N-methyl/N-ethyl adjacent to an activating group) is 1. The Hall–Kier alpha value is -1.12. The molecule has 1 aliphatic heterocycles. The minimum absolute atomic E-state index is 0.454. The minimum Gasteiger partial charge on any atom is -0.372 e. The fraction of sp³-hybridized carbons (Fsp3) is 0.333. The molecule has 0 amide bonds. The van der Waals surface area contributed by atoms with E-state index in [9.17, 15) is 8.78 Å². The first kappa shape index (κ1) is 7.53. The highest BCUT2D eigenvalue weighted by atomic mass is 19.1. The Balaban J connectivity index is 2.60. The van der Waals surface area contributed by atoms with E-state index in [2.05, 4.69) is 0 Å². The summed E-state index contributed by atoms with van der Waals surface area (Å²) in [7, 11) is 1.81. The van der Waals surface area contributed by atoms with Gasteiger partial charge in [0.2, 0.25) is 0 Å². The molecule has 0 atom stereocenters. The molecule has 64 valence electrons. The normalized spacial score (nSPS) is 15.1. The second-order valence-corrected chi connectivity index (χ2v) is 3.07. The van der Waals surface area contributed by atoms with E-state index in [-0.39, 0.29) is 0 Å². The molecule has 12 heavy (non-hydrogen) atoms. The summed E-state index contributed by atoms with van der Waals surface area (Å²) in [4.78, 5) is 1.81. The zero-order chi connectivity index (χ0) is 8.72. The predicted octanol–water partition coefficient (Wildman–Crippen LogP) is 1.96. The smallest absolute Gasteiger partial charge is 0.149 e. The largest absolute Gasteiger partial charge is 0.372 e. The molecule has 0 bridgehead atoms. The highest BCUT2D eigenvalue weighted by Crippen LogP contribution is 2.30.